The summed E-state index contributed by atoms with van der Waals surface area (Å²) in [5.74, 6) is -0.840. The largest absolute Gasteiger partial charge is 0.494 e. The fourth-order valence-electron chi connectivity index (χ4n) is 4.05. The molecule has 0 saturated carbocycles. The van der Waals surface area contributed by atoms with Gasteiger partial charge in [0.1, 0.15) is 4.70 Å². The lowest BCUT2D eigenvalue weighted by atomic mass is 10.1. The number of thiophene rings is 1. The maximum absolute atomic E-state index is 14.0. The number of hydrogen-bond donors (Lipinski definition) is 1. The summed E-state index contributed by atoms with van der Waals surface area (Å²) in [5, 5.41) is 12.0. The number of aromatic nitrogens is 2. The summed E-state index contributed by atoms with van der Waals surface area (Å²) >= 11 is 7.39. The Morgan fingerprint density at radius 1 is 1.33 bits per heavy atom. The van der Waals surface area contributed by atoms with Gasteiger partial charge in [-0.3, -0.25) is 18.7 Å². The maximum atomic E-state index is 14.0. The topological polar surface area (TPSA) is 106 Å². The fraction of sp³-hybridized carbons (Fsp3) is 0.364. The lowest BCUT2D eigenvalue weighted by Gasteiger charge is -2.18. The zero-order valence-electron chi connectivity index (χ0n) is 17.7. The van der Waals surface area contributed by atoms with E-state index in [0.717, 1.165) is 22.0 Å². The molecule has 1 amide bonds. The van der Waals surface area contributed by atoms with Gasteiger partial charge >= 0.3 is 5.69 Å². The van der Waals surface area contributed by atoms with Crippen LogP contribution in [-0.2, 0) is 11.3 Å². The van der Waals surface area contributed by atoms with Gasteiger partial charge in [-0.05, 0) is 31.0 Å². The van der Waals surface area contributed by atoms with Crippen molar-refractivity contribution in [2.75, 3.05) is 13.7 Å². The van der Waals surface area contributed by atoms with Gasteiger partial charge in [0.15, 0.2) is 11.6 Å². The second-order valence-electron chi connectivity index (χ2n) is 7.66. The van der Waals surface area contributed by atoms with Crippen LogP contribution in [0.3, 0.4) is 0 Å². The number of rotatable bonds is 5. The fourth-order valence-corrected chi connectivity index (χ4v) is 5.48. The van der Waals surface area contributed by atoms with Crippen LogP contribution in [0.15, 0.2) is 27.8 Å². The third-order valence-corrected chi connectivity index (χ3v) is 7.09. The van der Waals surface area contributed by atoms with E-state index in [0.29, 0.717) is 40.0 Å². The highest BCUT2D eigenvalue weighted by Crippen LogP contribution is 2.39. The zero-order chi connectivity index (χ0) is 23.7. The Labute approximate surface area is 196 Å². The molecule has 1 aliphatic rings. The van der Waals surface area contributed by atoms with Crippen LogP contribution in [-0.4, -0.2) is 28.7 Å². The van der Waals surface area contributed by atoms with Crippen LogP contribution in [0.2, 0.25) is 5.02 Å². The molecule has 3 heterocycles. The summed E-state index contributed by atoms with van der Waals surface area (Å²) in [6.07, 6.45) is 1.23. The molecule has 1 aliphatic heterocycles. The van der Waals surface area contributed by atoms with Crippen molar-refractivity contribution in [2.24, 2.45) is 0 Å². The number of benzene rings is 1. The summed E-state index contributed by atoms with van der Waals surface area (Å²) < 4.78 is 21.9. The number of nitriles is 1. The molecule has 0 spiro atoms. The van der Waals surface area contributed by atoms with Crippen LogP contribution < -0.4 is 21.3 Å². The van der Waals surface area contributed by atoms with Crippen molar-refractivity contribution in [1.29, 1.82) is 5.26 Å². The zero-order valence-corrected chi connectivity index (χ0v) is 19.3. The second-order valence-corrected chi connectivity index (χ2v) is 9.12. The Kier molecular flexibility index (Phi) is 6.54. The Morgan fingerprint density at radius 2 is 2.12 bits per heavy atom. The molecule has 33 heavy (non-hydrogen) atoms. The highest BCUT2D eigenvalue weighted by Gasteiger charge is 2.26. The average molecular weight is 491 g/mol. The van der Waals surface area contributed by atoms with Gasteiger partial charge in [-0.15, -0.1) is 11.3 Å². The Morgan fingerprint density at radius 3 is 2.85 bits per heavy atom. The number of nitrogens with one attached hydrogen (secondary N) is 1. The molecule has 3 aromatic rings. The van der Waals surface area contributed by atoms with Gasteiger partial charge in [0.05, 0.1) is 36.2 Å². The van der Waals surface area contributed by atoms with E-state index in [-0.39, 0.29) is 36.1 Å². The molecule has 1 fully saturated rings. The van der Waals surface area contributed by atoms with Crippen LogP contribution in [0.1, 0.15) is 31.7 Å². The number of methoxy groups -OCH3 is 1. The van der Waals surface area contributed by atoms with Gasteiger partial charge in [0, 0.05) is 30.0 Å². The second kappa shape index (κ2) is 9.37. The third-order valence-electron chi connectivity index (χ3n) is 5.63. The highest BCUT2D eigenvalue weighted by atomic mass is 35.5. The van der Waals surface area contributed by atoms with Crippen molar-refractivity contribution in [3.05, 3.63) is 49.9 Å². The molecular weight excluding hydrogens is 471 g/mol. The molecule has 1 saturated heterocycles. The van der Waals surface area contributed by atoms with Crippen LogP contribution in [0.5, 0.6) is 5.75 Å². The van der Waals surface area contributed by atoms with Gasteiger partial charge < -0.3 is 10.1 Å². The summed E-state index contributed by atoms with van der Waals surface area (Å²) in [6, 6.07) is 5.65. The number of halogens is 2. The molecule has 0 bridgehead atoms. The van der Waals surface area contributed by atoms with Gasteiger partial charge in [0.25, 0.3) is 5.56 Å². The van der Waals surface area contributed by atoms with Crippen LogP contribution >= 0.6 is 22.9 Å². The maximum Gasteiger partial charge on any atom is 0.331 e. The standard InChI is InChI=1S/C22H20ClFN4O4S/c1-32-17-9-13(14(23)10-15(17)24)18-11-16-20(33-18)21(30)28(22(31)27(16)7-3-5-25)12-4-2-6-26-19(29)8-12/h9-12H,2-4,6-8H2,1H3,(H,26,29). The summed E-state index contributed by atoms with van der Waals surface area (Å²) in [5.41, 5.74) is -0.233. The number of nitrogens with zero attached hydrogens (tertiary/aromatic N) is 3. The normalized spacial score (nSPS) is 16.3. The first-order chi connectivity index (χ1) is 15.8. The molecule has 11 heteroatoms. The van der Waals surface area contributed by atoms with Crippen LogP contribution in [0.25, 0.3) is 20.7 Å². The molecule has 172 valence electrons. The van der Waals surface area contributed by atoms with Gasteiger partial charge in [-0.2, -0.15) is 5.26 Å². The molecule has 1 N–H and O–H groups in total. The van der Waals surface area contributed by atoms with Crippen LogP contribution in [0, 0.1) is 17.1 Å². The van der Waals surface area contributed by atoms with Crippen molar-refractivity contribution >= 4 is 39.1 Å². The minimum absolute atomic E-state index is 0.00407. The predicted octanol–water partition coefficient (Wildman–Crippen LogP) is 3.45. The lowest BCUT2D eigenvalue weighted by molar-refractivity contribution is -0.121. The number of amides is 1. The lowest BCUT2D eigenvalue weighted by Crippen LogP contribution is -2.42. The van der Waals surface area contributed by atoms with E-state index >= 15 is 0 Å². The Bertz CT molecular complexity index is 1400. The van der Waals surface area contributed by atoms with Crippen LogP contribution in [0.4, 0.5) is 4.39 Å². The number of hydrogen-bond acceptors (Lipinski definition) is 6. The number of aryl methyl sites for hydroxylation is 1. The van der Waals surface area contributed by atoms with Crippen molar-refractivity contribution < 1.29 is 13.9 Å². The molecular formula is C22H20ClFN4O4S. The van der Waals surface area contributed by atoms with E-state index in [1.165, 1.54) is 17.7 Å². The minimum Gasteiger partial charge on any atom is -0.494 e. The smallest absolute Gasteiger partial charge is 0.331 e. The molecule has 4 rings (SSSR count). The van der Waals surface area contributed by atoms with E-state index in [1.54, 1.807) is 6.07 Å². The monoisotopic (exact) mass is 490 g/mol. The van der Waals surface area contributed by atoms with Crippen molar-refractivity contribution in [2.45, 2.75) is 38.3 Å². The van der Waals surface area contributed by atoms with E-state index in [9.17, 15) is 18.8 Å². The Hall–Kier alpha value is -3.16. The molecule has 2 aromatic heterocycles. The Balaban J connectivity index is 1.96. The quantitative estimate of drug-likeness (QED) is 0.589. The SMILES string of the molecule is COc1cc(-c2cc3c(s2)c(=O)n(C2CCCNC(=O)C2)c(=O)n3CCC#N)c(Cl)cc1F. The number of ether oxygens (including phenoxy) is 1. The number of carbonyl (C=O) groups excluding carboxylic acids is 1. The van der Waals surface area contributed by atoms with Gasteiger partial charge in [-0.1, -0.05) is 11.6 Å². The van der Waals surface area contributed by atoms with Crippen molar-refractivity contribution in [3.63, 3.8) is 0 Å². The number of carbonyl (C=O) groups is 1. The van der Waals surface area contributed by atoms with Gasteiger partial charge in [0.2, 0.25) is 5.91 Å². The minimum atomic E-state index is -0.618. The number of fused-ring (bicyclic) bond motifs is 1. The average Bonchev–Trinajstić information content (AvgIpc) is 3.10. The van der Waals surface area contributed by atoms with Crippen molar-refractivity contribution in [3.8, 4) is 22.3 Å². The van der Waals surface area contributed by atoms with E-state index in [1.807, 2.05) is 6.07 Å². The first-order valence-corrected chi connectivity index (χ1v) is 11.5. The molecule has 1 atom stereocenters. The summed E-state index contributed by atoms with van der Waals surface area (Å²) in [6.45, 7) is 0.574. The molecule has 1 aromatic carbocycles. The van der Waals surface area contributed by atoms with E-state index in [4.69, 9.17) is 21.6 Å². The molecule has 0 aliphatic carbocycles. The molecule has 0 radical (unpaired) electrons. The highest BCUT2D eigenvalue weighted by molar-refractivity contribution is 7.22. The first-order valence-electron chi connectivity index (χ1n) is 10.3. The van der Waals surface area contributed by atoms with E-state index in [2.05, 4.69) is 5.32 Å². The molecule has 1 unspecified atom stereocenters. The predicted molar refractivity (Wildman–Crippen MR) is 123 cm³/mol. The third kappa shape index (κ3) is 4.26. The first kappa shape index (κ1) is 23.0. The van der Waals surface area contributed by atoms with Crippen molar-refractivity contribution in [1.82, 2.24) is 14.5 Å². The molecule has 8 nitrogen and oxygen atoms in total. The van der Waals surface area contributed by atoms with E-state index < -0.39 is 23.1 Å². The van der Waals surface area contributed by atoms with Gasteiger partial charge in [-0.25, -0.2) is 9.18 Å². The summed E-state index contributed by atoms with van der Waals surface area (Å²) in [7, 11) is 1.34. The summed E-state index contributed by atoms with van der Waals surface area (Å²) in [4.78, 5) is 39.5.